The van der Waals surface area contributed by atoms with E-state index >= 15 is 0 Å². The van der Waals surface area contributed by atoms with E-state index < -0.39 is 0 Å². The van der Waals surface area contributed by atoms with Crippen LogP contribution in [0.25, 0.3) is 0 Å². The maximum atomic E-state index is 6.37. The number of nitrogens with zero attached hydrogens (tertiary/aromatic N) is 3. The van der Waals surface area contributed by atoms with Gasteiger partial charge in [0.25, 0.3) is 0 Å². The summed E-state index contributed by atoms with van der Waals surface area (Å²) in [5.41, 5.74) is 1.13. The van der Waals surface area contributed by atoms with Crippen molar-refractivity contribution >= 4 is 11.6 Å². The van der Waals surface area contributed by atoms with Gasteiger partial charge in [0, 0.05) is 12.1 Å². The molecule has 1 aromatic rings. The van der Waals surface area contributed by atoms with E-state index in [0.717, 1.165) is 17.3 Å². The Labute approximate surface area is 121 Å². The molecule has 1 saturated heterocycles. The highest BCUT2D eigenvalue weighted by molar-refractivity contribution is 6.31. The fourth-order valence-electron chi connectivity index (χ4n) is 3.21. The Bertz CT molecular complexity index is 421. The average molecular weight is 285 g/mol. The van der Waals surface area contributed by atoms with E-state index in [4.69, 9.17) is 11.6 Å². The summed E-state index contributed by atoms with van der Waals surface area (Å²) >= 11 is 6.37. The molecule has 1 fully saturated rings. The molecule has 5 heteroatoms. The van der Waals surface area contributed by atoms with Crippen molar-refractivity contribution in [1.82, 2.24) is 20.0 Å². The summed E-state index contributed by atoms with van der Waals surface area (Å²) in [6.07, 6.45) is 4.34. The molecule has 1 aromatic heterocycles. The van der Waals surface area contributed by atoms with Crippen LogP contribution in [0.15, 0.2) is 6.20 Å². The van der Waals surface area contributed by atoms with E-state index in [9.17, 15) is 0 Å². The molecule has 1 atom stereocenters. The standard InChI is InChI=1S/C14H25ClN4/c1-5-19-12(11(15)10-17-19)13(16-4)14(2,3)18-8-6-7-9-18/h10,13,16H,5-9H2,1-4H3. The van der Waals surface area contributed by atoms with Crippen LogP contribution >= 0.6 is 11.6 Å². The van der Waals surface area contributed by atoms with Crippen LogP contribution in [0.1, 0.15) is 45.3 Å². The molecular formula is C14H25ClN4. The lowest BCUT2D eigenvalue weighted by atomic mass is 9.90. The van der Waals surface area contributed by atoms with Gasteiger partial charge in [-0.1, -0.05) is 11.6 Å². The van der Waals surface area contributed by atoms with Gasteiger partial charge in [-0.2, -0.15) is 5.10 Å². The molecule has 0 aromatic carbocycles. The van der Waals surface area contributed by atoms with E-state index in [1.165, 1.54) is 25.9 Å². The van der Waals surface area contributed by atoms with Gasteiger partial charge in [-0.15, -0.1) is 0 Å². The summed E-state index contributed by atoms with van der Waals surface area (Å²) in [6.45, 7) is 9.87. The third-order valence-corrected chi connectivity index (χ3v) is 4.61. The normalized spacial score (nSPS) is 19.0. The third-order valence-electron chi connectivity index (χ3n) is 4.32. The minimum Gasteiger partial charge on any atom is -0.310 e. The molecular weight excluding hydrogens is 260 g/mol. The minimum absolute atomic E-state index is 0.0296. The zero-order valence-corrected chi connectivity index (χ0v) is 13.2. The fraction of sp³-hybridized carbons (Fsp3) is 0.786. The highest BCUT2D eigenvalue weighted by Gasteiger charge is 2.39. The monoisotopic (exact) mass is 284 g/mol. The van der Waals surface area contributed by atoms with Crippen LogP contribution in [0.2, 0.25) is 5.02 Å². The van der Waals surface area contributed by atoms with E-state index in [2.05, 4.69) is 36.1 Å². The molecule has 0 radical (unpaired) electrons. The molecule has 2 rings (SSSR count). The second kappa shape index (κ2) is 5.81. The van der Waals surface area contributed by atoms with Gasteiger partial charge in [-0.3, -0.25) is 9.58 Å². The highest BCUT2D eigenvalue weighted by atomic mass is 35.5. The lowest BCUT2D eigenvalue weighted by Gasteiger charge is -2.42. The molecule has 1 aliphatic rings. The first-order valence-electron chi connectivity index (χ1n) is 7.15. The molecule has 1 N–H and O–H groups in total. The molecule has 0 aliphatic carbocycles. The van der Waals surface area contributed by atoms with Gasteiger partial charge >= 0.3 is 0 Å². The van der Waals surface area contributed by atoms with Crippen LogP contribution in [-0.4, -0.2) is 40.4 Å². The Morgan fingerprint density at radius 2 is 2.05 bits per heavy atom. The number of hydrogen-bond acceptors (Lipinski definition) is 3. The molecule has 0 bridgehead atoms. The number of rotatable bonds is 5. The van der Waals surface area contributed by atoms with Crippen LogP contribution in [-0.2, 0) is 6.54 Å². The number of hydrogen-bond donors (Lipinski definition) is 1. The van der Waals surface area contributed by atoms with Gasteiger partial charge in [-0.25, -0.2) is 0 Å². The van der Waals surface area contributed by atoms with Gasteiger partial charge in [-0.05, 0) is 53.8 Å². The predicted octanol–water partition coefficient (Wildman–Crippen LogP) is 2.69. The maximum Gasteiger partial charge on any atom is 0.0834 e. The SMILES string of the molecule is CCn1ncc(Cl)c1C(NC)C(C)(C)N1CCCC1. The summed E-state index contributed by atoms with van der Waals surface area (Å²) in [4.78, 5) is 2.55. The third kappa shape index (κ3) is 2.67. The van der Waals surface area contributed by atoms with Crippen molar-refractivity contribution in [2.75, 3.05) is 20.1 Å². The zero-order chi connectivity index (χ0) is 14.0. The van der Waals surface area contributed by atoms with Gasteiger partial charge in [0.1, 0.15) is 0 Å². The Hall–Kier alpha value is -0.580. The smallest absolute Gasteiger partial charge is 0.0834 e. The summed E-state index contributed by atoms with van der Waals surface area (Å²) in [7, 11) is 2.01. The highest BCUT2D eigenvalue weighted by Crippen LogP contribution is 2.36. The second-order valence-corrected chi connectivity index (χ2v) is 6.17. The van der Waals surface area contributed by atoms with Crippen molar-refractivity contribution in [2.45, 2.75) is 51.7 Å². The van der Waals surface area contributed by atoms with Crippen molar-refractivity contribution in [2.24, 2.45) is 0 Å². The number of aromatic nitrogens is 2. The zero-order valence-electron chi connectivity index (χ0n) is 12.4. The number of aryl methyl sites for hydroxylation is 1. The predicted molar refractivity (Wildman–Crippen MR) is 79.6 cm³/mol. The summed E-state index contributed by atoms with van der Waals surface area (Å²) in [6, 6.07) is 0.181. The van der Waals surface area contributed by atoms with Crippen molar-refractivity contribution < 1.29 is 0 Å². The molecule has 108 valence electrons. The summed E-state index contributed by atoms with van der Waals surface area (Å²) < 4.78 is 2.00. The Morgan fingerprint density at radius 3 is 2.58 bits per heavy atom. The Balaban J connectivity index is 2.35. The lowest BCUT2D eigenvalue weighted by molar-refractivity contribution is 0.106. The van der Waals surface area contributed by atoms with E-state index in [1.807, 2.05) is 11.7 Å². The second-order valence-electron chi connectivity index (χ2n) is 5.76. The van der Waals surface area contributed by atoms with Crippen LogP contribution in [0, 0.1) is 0 Å². The number of halogens is 1. The summed E-state index contributed by atoms with van der Waals surface area (Å²) in [5.74, 6) is 0. The van der Waals surface area contributed by atoms with E-state index in [0.29, 0.717) is 0 Å². The maximum absolute atomic E-state index is 6.37. The molecule has 1 aliphatic heterocycles. The number of likely N-dealkylation sites (N-methyl/N-ethyl adjacent to an activating group) is 1. The first-order valence-corrected chi connectivity index (χ1v) is 7.53. The van der Waals surface area contributed by atoms with Crippen LogP contribution in [0.4, 0.5) is 0 Å². The first-order chi connectivity index (χ1) is 9.02. The van der Waals surface area contributed by atoms with Gasteiger partial charge in [0.15, 0.2) is 0 Å². The Kier molecular flexibility index (Phi) is 4.54. The van der Waals surface area contributed by atoms with Crippen LogP contribution in [0.3, 0.4) is 0 Å². The fourth-order valence-corrected chi connectivity index (χ4v) is 3.46. The largest absolute Gasteiger partial charge is 0.310 e. The van der Waals surface area contributed by atoms with Crippen molar-refractivity contribution in [3.8, 4) is 0 Å². The molecule has 2 heterocycles. The van der Waals surface area contributed by atoms with Gasteiger partial charge < -0.3 is 5.32 Å². The van der Waals surface area contributed by atoms with Gasteiger partial charge in [0.05, 0.1) is 23.0 Å². The van der Waals surface area contributed by atoms with Crippen molar-refractivity contribution in [1.29, 1.82) is 0 Å². The van der Waals surface area contributed by atoms with Crippen LogP contribution < -0.4 is 5.32 Å². The molecule has 0 amide bonds. The molecule has 19 heavy (non-hydrogen) atoms. The van der Waals surface area contributed by atoms with Crippen molar-refractivity contribution in [3.63, 3.8) is 0 Å². The Morgan fingerprint density at radius 1 is 1.42 bits per heavy atom. The summed E-state index contributed by atoms with van der Waals surface area (Å²) in [5, 5.41) is 8.58. The van der Waals surface area contributed by atoms with Crippen molar-refractivity contribution in [3.05, 3.63) is 16.9 Å². The molecule has 0 saturated carbocycles. The molecule has 4 nitrogen and oxygen atoms in total. The molecule has 0 spiro atoms. The van der Waals surface area contributed by atoms with E-state index in [1.54, 1.807) is 6.20 Å². The first kappa shape index (κ1) is 14.8. The van der Waals surface area contributed by atoms with E-state index in [-0.39, 0.29) is 11.6 Å². The number of likely N-dealkylation sites (tertiary alicyclic amines) is 1. The topological polar surface area (TPSA) is 33.1 Å². The average Bonchev–Trinajstić information content (AvgIpc) is 3.01. The minimum atomic E-state index is 0.0296. The quantitative estimate of drug-likeness (QED) is 0.902. The molecule has 1 unspecified atom stereocenters. The number of nitrogens with one attached hydrogen (secondary N) is 1. The van der Waals surface area contributed by atoms with Gasteiger partial charge in [0.2, 0.25) is 0 Å². The lowest BCUT2D eigenvalue weighted by Crippen LogP contribution is -2.51. The van der Waals surface area contributed by atoms with Crippen LogP contribution in [0.5, 0.6) is 0 Å².